The first-order valence-electron chi connectivity index (χ1n) is 2.40. The molecule has 0 radical (unpaired) electrons. The number of hydrogen-bond donors (Lipinski definition) is 2. The van der Waals surface area contributed by atoms with Gasteiger partial charge in [0.1, 0.15) is 5.75 Å². The smallest absolute Gasteiger partial charge is 0.870 e. The maximum atomic E-state index is 10.4. The van der Waals surface area contributed by atoms with Gasteiger partial charge in [0, 0.05) is 0 Å². The SMILES string of the molecule is [K+].[O-]c1cccc(O)c1O. The van der Waals surface area contributed by atoms with E-state index < -0.39 is 11.5 Å². The number of phenolic OH excluding ortho intramolecular Hbond substituents is 2. The van der Waals surface area contributed by atoms with Crippen LogP contribution in [0.4, 0.5) is 0 Å². The average Bonchev–Trinajstić information content (AvgIpc) is 1.83. The fraction of sp³-hybridized carbons (Fsp3) is 0. The molecule has 0 atom stereocenters. The third-order valence-corrected chi connectivity index (χ3v) is 0.978. The van der Waals surface area contributed by atoms with E-state index in [4.69, 9.17) is 10.2 Å². The van der Waals surface area contributed by atoms with Gasteiger partial charge in [-0.15, -0.1) is 0 Å². The molecule has 1 aromatic rings. The van der Waals surface area contributed by atoms with Crippen LogP contribution in [0.3, 0.4) is 0 Å². The fourth-order valence-electron chi connectivity index (χ4n) is 0.511. The van der Waals surface area contributed by atoms with Crippen molar-refractivity contribution in [2.75, 3.05) is 0 Å². The molecule has 0 unspecified atom stereocenters. The Morgan fingerprint density at radius 2 is 1.80 bits per heavy atom. The predicted octanol–water partition coefficient (Wildman–Crippen LogP) is -2.82. The summed E-state index contributed by atoms with van der Waals surface area (Å²) in [5.74, 6) is -1.52. The molecule has 0 fully saturated rings. The Morgan fingerprint density at radius 1 is 1.20 bits per heavy atom. The van der Waals surface area contributed by atoms with Crippen LogP contribution in [0.2, 0.25) is 0 Å². The van der Waals surface area contributed by atoms with Gasteiger partial charge in [-0.05, 0) is 6.07 Å². The summed E-state index contributed by atoms with van der Waals surface area (Å²) >= 11 is 0. The summed E-state index contributed by atoms with van der Waals surface area (Å²) in [7, 11) is 0. The normalized spacial score (nSPS) is 8.40. The van der Waals surface area contributed by atoms with Gasteiger partial charge < -0.3 is 15.3 Å². The zero-order chi connectivity index (χ0) is 6.85. The predicted molar refractivity (Wildman–Crippen MR) is 29.2 cm³/mol. The van der Waals surface area contributed by atoms with Crippen molar-refractivity contribution in [2.45, 2.75) is 0 Å². The molecule has 0 bridgehead atoms. The molecule has 3 nitrogen and oxygen atoms in total. The molecule has 0 spiro atoms. The van der Waals surface area contributed by atoms with Gasteiger partial charge in [-0.2, -0.15) is 0 Å². The van der Waals surface area contributed by atoms with Crippen molar-refractivity contribution in [3.63, 3.8) is 0 Å². The molecule has 10 heavy (non-hydrogen) atoms. The molecule has 48 valence electrons. The van der Waals surface area contributed by atoms with Crippen LogP contribution < -0.4 is 56.5 Å². The van der Waals surface area contributed by atoms with E-state index in [1.54, 1.807) is 0 Å². The van der Waals surface area contributed by atoms with Crippen molar-refractivity contribution in [1.29, 1.82) is 0 Å². The van der Waals surface area contributed by atoms with Crippen LogP contribution in [0.15, 0.2) is 18.2 Å². The van der Waals surface area contributed by atoms with Crippen LogP contribution >= 0.6 is 0 Å². The number of para-hydroxylation sites is 1. The maximum Gasteiger partial charge on any atom is 1.00 e. The molecule has 0 aliphatic heterocycles. The first-order chi connectivity index (χ1) is 4.22. The van der Waals surface area contributed by atoms with Gasteiger partial charge in [-0.3, -0.25) is 0 Å². The quantitative estimate of drug-likeness (QED) is 0.321. The van der Waals surface area contributed by atoms with Crippen molar-refractivity contribution in [3.05, 3.63) is 18.2 Å². The zero-order valence-electron chi connectivity index (χ0n) is 5.53. The summed E-state index contributed by atoms with van der Waals surface area (Å²) in [6.07, 6.45) is 0. The van der Waals surface area contributed by atoms with E-state index in [9.17, 15) is 5.11 Å². The van der Waals surface area contributed by atoms with Gasteiger partial charge in [0.05, 0.1) is 0 Å². The van der Waals surface area contributed by atoms with Crippen molar-refractivity contribution in [1.82, 2.24) is 0 Å². The van der Waals surface area contributed by atoms with Crippen molar-refractivity contribution >= 4 is 0 Å². The Morgan fingerprint density at radius 3 is 2.20 bits per heavy atom. The number of phenols is 2. The Balaban J connectivity index is 0.000000810. The van der Waals surface area contributed by atoms with Gasteiger partial charge >= 0.3 is 51.4 Å². The second kappa shape index (κ2) is 4.20. The van der Waals surface area contributed by atoms with Crippen molar-refractivity contribution in [3.8, 4) is 17.2 Å². The van der Waals surface area contributed by atoms with Gasteiger partial charge in [0.25, 0.3) is 0 Å². The summed E-state index contributed by atoms with van der Waals surface area (Å²) in [4.78, 5) is 0. The third-order valence-electron chi connectivity index (χ3n) is 0.978. The van der Waals surface area contributed by atoms with Crippen LogP contribution in [-0.4, -0.2) is 10.2 Å². The van der Waals surface area contributed by atoms with Gasteiger partial charge in [0.15, 0.2) is 5.75 Å². The van der Waals surface area contributed by atoms with Gasteiger partial charge in [-0.25, -0.2) is 0 Å². The topological polar surface area (TPSA) is 63.5 Å². The van der Waals surface area contributed by atoms with Crippen molar-refractivity contribution in [2.24, 2.45) is 0 Å². The van der Waals surface area contributed by atoms with E-state index in [0.29, 0.717) is 0 Å². The number of rotatable bonds is 0. The molecule has 1 aromatic carbocycles. The summed E-state index contributed by atoms with van der Waals surface area (Å²) in [5, 5.41) is 27.7. The Kier molecular flexibility index (Phi) is 4.31. The summed E-state index contributed by atoms with van der Waals surface area (Å²) in [6.45, 7) is 0. The van der Waals surface area contributed by atoms with E-state index in [-0.39, 0.29) is 57.1 Å². The van der Waals surface area contributed by atoms with Crippen LogP contribution in [0.25, 0.3) is 0 Å². The Labute approximate surface area is 101 Å². The van der Waals surface area contributed by atoms with Gasteiger partial charge in [0.2, 0.25) is 0 Å². The summed E-state index contributed by atoms with van der Waals surface area (Å²) in [5.41, 5.74) is 0. The van der Waals surface area contributed by atoms with Crippen LogP contribution in [0.5, 0.6) is 17.2 Å². The minimum atomic E-state index is -0.586. The van der Waals surface area contributed by atoms with Crippen molar-refractivity contribution < 1.29 is 66.7 Å². The Hall–Kier alpha value is 0.256. The number of benzene rings is 1. The van der Waals surface area contributed by atoms with E-state index in [0.717, 1.165) is 0 Å². The minimum absolute atomic E-state index is 0. The first kappa shape index (κ1) is 10.3. The second-order valence-corrected chi connectivity index (χ2v) is 1.62. The first-order valence-corrected chi connectivity index (χ1v) is 2.40. The fourth-order valence-corrected chi connectivity index (χ4v) is 0.511. The van der Waals surface area contributed by atoms with Crippen LogP contribution in [0.1, 0.15) is 0 Å². The standard InChI is InChI=1S/C6H6O3.K/c7-4-2-1-3-5(8)6(4)9;/h1-3,7-9H;/q;+1/p-1. The zero-order valence-corrected chi connectivity index (χ0v) is 8.66. The third kappa shape index (κ3) is 2.14. The summed E-state index contributed by atoms with van der Waals surface area (Å²) < 4.78 is 0. The molecule has 0 aliphatic carbocycles. The average molecular weight is 164 g/mol. The van der Waals surface area contributed by atoms with E-state index in [1.165, 1.54) is 18.2 Å². The maximum absolute atomic E-state index is 10.4. The van der Waals surface area contributed by atoms with E-state index in [2.05, 4.69) is 0 Å². The second-order valence-electron chi connectivity index (χ2n) is 1.62. The molecule has 0 heterocycles. The molecule has 2 N–H and O–H groups in total. The Bertz CT molecular complexity index is 204. The molecule has 0 amide bonds. The van der Waals surface area contributed by atoms with Crippen LogP contribution in [-0.2, 0) is 0 Å². The number of aromatic hydroxyl groups is 2. The van der Waals surface area contributed by atoms with Crippen LogP contribution in [0, 0.1) is 0 Å². The molecule has 0 saturated heterocycles. The molecule has 0 aliphatic rings. The molecule has 1 rings (SSSR count). The molecular weight excluding hydrogens is 159 g/mol. The molecule has 0 aromatic heterocycles. The molecular formula is C6H5KO3. The monoisotopic (exact) mass is 164 g/mol. The minimum Gasteiger partial charge on any atom is -0.870 e. The molecule has 0 saturated carbocycles. The van der Waals surface area contributed by atoms with E-state index in [1.807, 2.05) is 0 Å². The van der Waals surface area contributed by atoms with Gasteiger partial charge in [-0.1, -0.05) is 17.9 Å². The summed E-state index contributed by atoms with van der Waals surface area (Å²) in [6, 6.07) is 3.79. The molecule has 4 heteroatoms. The van der Waals surface area contributed by atoms with E-state index >= 15 is 0 Å². The largest absolute Gasteiger partial charge is 1.00 e. The number of hydrogen-bond acceptors (Lipinski definition) is 3.